The third-order valence-electron chi connectivity index (χ3n) is 5.85. The molecule has 0 atom stereocenters. The standard InChI is InChI=1S/C28H41N3O4/c1-9-11-12-17-33-27(32)35-19-34-26(25-20(3)21(4)30-31(25)10-2)24(18-29-8)22-13-15-23(16-14-22)28(5,6)7/h13-16,18H,9-12,17,19H2,1-8H3/b26-24-,29-18-. The number of carbonyl (C=O) groups is 1. The van der Waals surface area contributed by atoms with Crippen molar-refractivity contribution in [1.29, 1.82) is 0 Å². The number of hydrogen-bond donors (Lipinski definition) is 0. The summed E-state index contributed by atoms with van der Waals surface area (Å²) in [6.45, 7) is 15.4. The molecule has 7 nitrogen and oxygen atoms in total. The van der Waals surface area contributed by atoms with Gasteiger partial charge in [-0.25, -0.2) is 4.79 Å². The maximum atomic E-state index is 12.0. The Balaban J connectivity index is 2.45. The quantitative estimate of drug-likeness (QED) is 0.117. The van der Waals surface area contributed by atoms with Crippen LogP contribution in [-0.4, -0.2) is 42.6 Å². The highest BCUT2D eigenvalue weighted by molar-refractivity contribution is 6.18. The van der Waals surface area contributed by atoms with Gasteiger partial charge >= 0.3 is 6.16 Å². The van der Waals surface area contributed by atoms with E-state index >= 15 is 0 Å². The van der Waals surface area contributed by atoms with E-state index in [1.54, 1.807) is 13.3 Å². The van der Waals surface area contributed by atoms with Gasteiger partial charge < -0.3 is 14.2 Å². The number of nitrogens with zero attached hydrogens (tertiary/aromatic N) is 3. The Morgan fingerprint density at radius 2 is 1.74 bits per heavy atom. The van der Waals surface area contributed by atoms with Gasteiger partial charge in [-0.15, -0.1) is 0 Å². The molecule has 0 unspecified atom stereocenters. The zero-order valence-electron chi connectivity index (χ0n) is 22.6. The number of unbranched alkanes of at least 4 members (excludes halogenated alkanes) is 2. The Morgan fingerprint density at radius 3 is 2.31 bits per heavy atom. The van der Waals surface area contributed by atoms with Crippen molar-refractivity contribution in [3.8, 4) is 0 Å². The third-order valence-corrected chi connectivity index (χ3v) is 5.85. The second-order valence-corrected chi connectivity index (χ2v) is 9.54. The van der Waals surface area contributed by atoms with E-state index in [9.17, 15) is 4.79 Å². The molecule has 7 heteroatoms. The highest BCUT2D eigenvalue weighted by atomic mass is 16.8. The molecular formula is C28H41N3O4. The Hall–Kier alpha value is -3.09. The van der Waals surface area contributed by atoms with E-state index in [0.29, 0.717) is 18.9 Å². The fourth-order valence-electron chi connectivity index (χ4n) is 3.69. The summed E-state index contributed by atoms with van der Waals surface area (Å²) in [6, 6.07) is 8.38. The smallest absolute Gasteiger partial charge is 0.454 e. The van der Waals surface area contributed by atoms with E-state index in [2.05, 4.69) is 62.1 Å². The lowest BCUT2D eigenvalue weighted by atomic mass is 9.86. The molecule has 0 saturated carbocycles. The summed E-state index contributed by atoms with van der Waals surface area (Å²) in [5, 5.41) is 4.66. The Kier molecular flexibility index (Phi) is 10.6. The molecule has 0 bridgehead atoms. The van der Waals surface area contributed by atoms with Crippen molar-refractivity contribution < 1.29 is 19.0 Å². The predicted molar refractivity (Wildman–Crippen MR) is 142 cm³/mol. The van der Waals surface area contributed by atoms with Crippen LogP contribution in [0.3, 0.4) is 0 Å². The molecule has 2 aromatic rings. The number of hydrogen-bond acceptors (Lipinski definition) is 6. The van der Waals surface area contributed by atoms with Gasteiger partial charge in [0.2, 0.25) is 6.79 Å². The molecule has 192 valence electrons. The van der Waals surface area contributed by atoms with Gasteiger partial charge in [0.05, 0.1) is 12.3 Å². The minimum absolute atomic E-state index is 0.0421. The Labute approximate surface area is 210 Å². The van der Waals surface area contributed by atoms with E-state index in [0.717, 1.165) is 47.4 Å². The van der Waals surface area contributed by atoms with Gasteiger partial charge in [0.1, 0.15) is 5.69 Å². The summed E-state index contributed by atoms with van der Waals surface area (Å²) in [7, 11) is 1.72. The largest absolute Gasteiger partial charge is 0.511 e. The van der Waals surface area contributed by atoms with Crippen LogP contribution >= 0.6 is 0 Å². The second kappa shape index (κ2) is 13.1. The van der Waals surface area contributed by atoms with Gasteiger partial charge in [0.15, 0.2) is 5.76 Å². The van der Waals surface area contributed by atoms with E-state index in [1.807, 2.05) is 25.5 Å². The summed E-state index contributed by atoms with van der Waals surface area (Å²) in [4.78, 5) is 16.3. The van der Waals surface area contributed by atoms with Gasteiger partial charge in [-0.2, -0.15) is 5.10 Å². The van der Waals surface area contributed by atoms with Crippen LogP contribution in [-0.2, 0) is 26.2 Å². The van der Waals surface area contributed by atoms with E-state index in [4.69, 9.17) is 14.2 Å². The number of carbonyl (C=O) groups excluding carboxylic acids is 1. The molecule has 1 aromatic carbocycles. The molecule has 1 aromatic heterocycles. The van der Waals surface area contributed by atoms with Crippen molar-refractivity contribution in [3.05, 3.63) is 52.3 Å². The molecule has 0 spiro atoms. The van der Waals surface area contributed by atoms with E-state index in [-0.39, 0.29) is 12.2 Å². The van der Waals surface area contributed by atoms with Crippen LogP contribution in [0.1, 0.15) is 82.0 Å². The van der Waals surface area contributed by atoms with Crippen LogP contribution in [0, 0.1) is 13.8 Å². The summed E-state index contributed by atoms with van der Waals surface area (Å²) in [5.41, 5.74) is 5.75. The zero-order chi connectivity index (χ0) is 26.0. The molecule has 0 aliphatic rings. The Morgan fingerprint density at radius 1 is 1.06 bits per heavy atom. The van der Waals surface area contributed by atoms with Crippen molar-refractivity contribution in [1.82, 2.24) is 9.78 Å². The zero-order valence-corrected chi connectivity index (χ0v) is 22.6. The minimum atomic E-state index is -0.738. The topological polar surface area (TPSA) is 74.9 Å². The molecular weight excluding hydrogens is 442 g/mol. The molecule has 0 aliphatic carbocycles. The molecule has 35 heavy (non-hydrogen) atoms. The predicted octanol–water partition coefficient (Wildman–Crippen LogP) is 6.70. The van der Waals surface area contributed by atoms with Crippen LogP contribution in [0.15, 0.2) is 29.3 Å². The van der Waals surface area contributed by atoms with Crippen molar-refractivity contribution in [2.24, 2.45) is 4.99 Å². The molecule has 0 aliphatic heterocycles. The van der Waals surface area contributed by atoms with Crippen LogP contribution in [0.25, 0.3) is 11.3 Å². The third kappa shape index (κ3) is 7.70. The first-order chi connectivity index (χ1) is 16.6. The maximum Gasteiger partial charge on any atom is 0.511 e. The van der Waals surface area contributed by atoms with Crippen LogP contribution in [0.2, 0.25) is 0 Å². The Bertz CT molecular complexity index is 1030. The minimum Gasteiger partial charge on any atom is -0.454 e. The maximum absolute atomic E-state index is 12.0. The monoisotopic (exact) mass is 483 g/mol. The molecule has 0 N–H and O–H groups in total. The summed E-state index contributed by atoms with van der Waals surface area (Å²) in [5.74, 6) is 0.554. The molecule has 0 fully saturated rings. The first kappa shape index (κ1) is 28.1. The number of ether oxygens (including phenoxy) is 3. The summed E-state index contributed by atoms with van der Waals surface area (Å²) >= 11 is 0. The van der Waals surface area contributed by atoms with E-state index < -0.39 is 6.16 Å². The number of benzene rings is 1. The molecule has 0 amide bonds. The molecule has 1 heterocycles. The molecule has 0 saturated heterocycles. The van der Waals surface area contributed by atoms with Crippen LogP contribution in [0.4, 0.5) is 4.79 Å². The van der Waals surface area contributed by atoms with Crippen molar-refractivity contribution >= 4 is 23.7 Å². The van der Waals surface area contributed by atoms with Gasteiger partial charge in [0, 0.05) is 30.9 Å². The fraction of sp³-hybridized carbons (Fsp3) is 0.536. The van der Waals surface area contributed by atoms with Crippen molar-refractivity contribution in [2.75, 3.05) is 20.4 Å². The summed E-state index contributed by atoms with van der Waals surface area (Å²) in [6.07, 6.45) is 3.90. The lowest BCUT2D eigenvalue weighted by Gasteiger charge is -2.20. The molecule has 0 radical (unpaired) electrons. The summed E-state index contributed by atoms with van der Waals surface area (Å²) < 4.78 is 18.4. The van der Waals surface area contributed by atoms with Gasteiger partial charge in [0.25, 0.3) is 0 Å². The molecule has 2 rings (SSSR count). The van der Waals surface area contributed by atoms with Crippen LogP contribution in [0.5, 0.6) is 0 Å². The lowest BCUT2D eigenvalue weighted by Crippen LogP contribution is -2.14. The first-order valence-corrected chi connectivity index (χ1v) is 12.4. The fourth-order valence-corrected chi connectivity index (χ4v) is 3.69. The van der Waals surface area contributed by atoms with E-state index in [1.165, 1.54) is 5.56 Å². The van der Waals surface area contributed by atoms with Gasteiger partial charge in [-0.3, -0.25) is 9.67 Å². The van der Waals surface area contributed by atoms with Crippen molar-refractivity contribution in [2.45, 2.75) is 79.7 Å². The average Bonchev–Trinajstić information content (AvgIpc) is 3.11. The number of aromatic nitrogens is 2. The second-order valence-electron chi connectivity index (χ2n) is 9.54. The normalized spacial score (nSPS) is 12.6. The number of allylic oxidation sites excluding steroid dienone is 1. The number of rotatable bonds is 11. The number of aryl methyl sites for hydroxylation is 2. The van der Waals surface area contributed by atoms with Crippen LogP contribution < -0.4 is 0 Å². The highest BCUT2D eigenvalue weighted by Crippen LogP contribution is 2.31. The SMILES string of the molecule is CCCCCOC(=O)OCO/C(=C(/C=N\C)c1ccc(C(C)(C)C)cc1)c1c(C)c(C)nn1CC. The first-order valence-electron chi connectivity index (χ1n) is 12.4. The van der Waals surface area contributed by atoms with Gasteiger partial charge in [-0.05, 0) is 43.7 Å². The number of aliphatic imine (C=N–C) groups is 1. The van der Waals surface area contributed by atoms with Gasteiger partial charge in [-0.1, -0.05) is 64.8 Å². The average molecular weight is 484 g/mol. The highest BCUT2D eigenvalue weighted by Gasteiger charge is 2.22. The lowest BCUT2D eigenvalue weighted by molar-refractivity contribution is -0.00614. The van der Waals surface area contributed by atoms with Crippen molar-refractivity contribution in [3.63, 3.8) is 0 Å².